The number of urea groups is 1. The predicted octanol–water partition coefficient (Wildman–Crippen LogP) is 2.16. The number of nitrogens with zero attached hydrogens (tertiary/aromatic N) is 2. The van der Waals surface area contributed by atoms with Gasteiger partial charge in [-0.3, -0.25) is 14.5 Å². The summed E-state index contributed by atoms with van der Waals surface area (Å²) in [6.07, 6.45) is 3.95. The minimum absolute atomic E-state index is 0.0570. The van der Waals surface area contributed by atoms with Crippen LogP contribution in [0.25, 0.3) is 11.0 Å². The first-order valence-electron chi connectivity index (χ1n) is 11.3. The number of para-hydroxylation sites is 1. The van der Waals surface area contributed by atoms with E-state index in [0.717, 1.165) is 36.0 Å². The molecule has 0 bridgehead atoms. The third kappa shape index (κ3) is 3.80. The van der Waals surface area contributed by atoms with Crippen molar-refractivity contribution in [1.29, 1.82) is 0 Å². The molecule has 1 aromatic heterocycles. The maximum Gasteiger partial charge on any atom is 0.325 e. The zero-order valence-corrected chi connectivity index (χ0v) is 19.3. The molecule has 1 aromatic carbocycles. The predicted molar refractivity (Wildman–Crippen MR) is 120 cm³/mol. The number of nitrogens with one attached hydrogen (secondary N) is 1. The Kier molecular flexibility index (Phi) is 5.23. The van der Waals surface area contributed by atoms with Crippen LogP contribution in [0.3, 0.4) is 0 Å². The smallest absolute Gasteiger partial charge is 0.325 e. The molecule has 0 radical (unpaired) electrons. The van der Waals surface area contributed by atoms with Gasteiger partial charge in [0.2, 0.25) is 5.91 Å². The van der Waals surface area contributed by atoms with Crippen molar-refractivity contribution in [2.45, 2.75) is 56.7 Å². The summed E-state index contributed by atoms with van der Waals surface area (Å²) in [5.41, 5.74) is -0.828. The average molecular weight is 474 g/mol. The number of imide groups is 1. The van der Waals surface area contributed by atoms with Crippen molar-refractivity contribution in [2.75, 3.05) is 18.1 Å². The fourth-order valence-corrected chi connectivity index (χ4v) is 7.05. The van der Waals surface area contributed by atoms with Crippen LogP contribution >= 0.6 is 0 Å². The van der Waals surface area contributed by atoms with Crippen LogP contribution in [0, 0.1) is 0 Å². The van der Waals surface area contributed by atoms with E-state index in [1.807, 2.05) is 18.2 Å². The lowest BCUT2D eigenvalue weighted by Gasteiger charge is -2.35. The van der Waals surface area contributed by atoms with Gasteiger partial charge in [-0.05, 0) is 38.3 Å². The number of carbonyl (C=O) groups is 3. The summed E-state index contributed by atoms with van der Waals surface area (Å²) >= 11 is 0. The van der Waals surface area contributed by atoms with Crippen LogP contribution in [0.4, 0.5) is 4.79 Å². The van der Waals surface area contributed by atoms with Crippen LogP contribution in [0.15, 0.2) is 34.7 Å². The third-order valence-electron chi connectivity index (χ3n) is 7.09. The average Bonchev–Trinajstić information content (AvgIpc) is 3.54. The molecule has 2 atom stereocenters. The second-order valence-corrected chi connectivity index (χ2v) is 11.6. The maximum atomic E-state index is 13.4. The van der Waals surface area contributed by atoms with Gasteiger partial charge in [0.05, 0.1) is 11.5 Å². The Morgan fingerprint density at radius 2 is 1.91 bits per heavy atom. The minimum atomic E-state index is -3.19. The normalized spacial score (nSPS) is 27.4. The van der Waals surface area contributed by atoms with E-state index in [0.29, 0.717) is 17.8 Å². The van der Waals surface area contributed by atoms with E-state index < -0.39 is 39.9 Å². The van der Waals surface area contributed by atoms with E-state index in [4.69, 9.17) is 4.42 Å². The lowest BCUT2D eigenvalue weighted by molar-refractivity contribution is -0.141. The highest BCUT2D eigenvalue weighted by atomic mass is 32.2. The summed E-state index contributed by atoms with van der Waals surface area (Å²) in [5, 5.41) is 3.49. The Bertz CT molecular complexity index is 1200. The largest absolute Gasteiger partial charge is 0.458 e. The van der Waals surface area contributed by atoms with Crippen molar-refractivity contribution < 1.29 is 27.2 Å². The molecule has 2 saturated heterocycles. The van der Waals surface area contributed by atoms with Gasteiger partial charge >= 0.3 is 6.03 Å². The van der Waals surface area contributed by atoms with Crippen molar-refractivity contribution >= 4 is 38.7 Å². The number of hydrogen-bond donors (Lipinski definition) is 1. The number of furan rings is 1. The molecule has 0 unspecified atom stereocenters. The Morgan fingerprint density at radius 3 is 2.58 bits per heavy atom. The fourth-order valence-electron chi connectivity index (χ4n) is 5.34. The van der Waals surface area contributed by atoms with E-state index in [-0.39, 0.29) is 23.5 Å². The van der Waals surface area contributed by atoms with Crippen molar-refractivity contribution in [3.05, 3.63) is 36.1 Å². The fraction of sp³-hybridized carbons (Fsp3) is 0.522. The molecule has 2 aromatic rings. The van der Waals surface area contributed by atoms with Gasteiger partial charge in [0.25, 0.3) is 5.91 Å². The molecule has 33 heavy (non-hydrogen) atoms. The first-order valence-corrected chi connectivity index (χ1v) is 13.1. The first-order chi connectivity index (χ1) is 15.7. The zero-order valence-electron chi connectivity index (χ0n) is 18.5. The number of amides is 4. The number of fused-ring (bicyclic) bond motifs is 1. The molecule has 1 saturated carbocycles. The Morgan fingerprint density at radius 1 is 1.18 bits per heavy atom. The molecular weight excluding hydrogens is 446 g/mol. The zero-order chi connectivity index (χ0) is 23.4. The van der Waals surface area contributed by atoms with Gasteiger partial charge in [-0.25, -0.2) is 13.2 Å². The topological polar surface area (TPSA) is 117 Å². The Labute approximate surface area is 192 Å². The number of rotatable bonds is 5. The van der Waals surface area contributed by atoms with Gasteiger partial charge in [0, 0.05) is 17.5 Å². The van der Waals surface area contributed by atoms with Crippen molar-refractivity contribution in [3.63, 3.8) is 0 Å². The summed E-state index contributed by atoms with van der Waals surface area (Å²) in [7, 11) is -3.19. The number of sulfone groups is 1. The molecule has 2 aliphatic heterocycles. The van der Waals surface area contributed by atoms with Gasteiger partial charge in [-0.2, -0.15) is 0 Å². The second kappa shape index (κ2) is 7.86. The molecule has 1 aliphatic carbocycles. The summed E-state index contributed by atoms with van der Waals surface area (Å²) in [6.45, 7) is 1.14. The van der Waals surface area contributed by atoms with Crippen LogP contribution in [0.5, 0.6) is 0 Å². The van der Waals surface area contributed by atoms with Gasteiger partial charge in [-0.15, -0.1) is 0 Å². The Balaban J connectivity index is 1.38. The molecule has 3 heterocycles. The molecule has 3 aliphatic rings. The van der Waals surface area contributed by atoms with Crippen LogP contribution in [0.2, 0.25) is 0 Å². The molecular formula is C23H27N3O6S. The van der Waals surface area contributed by atoms with Gasteiger partial charge in [-0.1, -0.05) is 31.0 Å². The van der Waals surface area contributed by atoms with Gasteiger partial charge in [0.15, 0.2) is 15.4 Å². The van der Waals surface area contributed by atoms with Crippen LogP contribution < -0.4 is 5.32 Å². The summed E-state index contributed by atoms with van der Waals surface area (Å²) in [6, 6.07) is 7.88. The first kappa shape index (κ1) is 21.9. The van der Waals surface area contributed by atoms with E-state index in [1.165, 1.54) is 0 Å². The van der Waals surface area contributed by atoms with Crippen molar-refractivity contribution in [1.82, 2.24) is 15.1 Å². The second-order valence-electron chi connectivity index (χ2n) is 9.39. The number of carbonyl (C=O) groups excluding carboxylic acids is 3. The minimum Gasteiger partial charge on any atom is -0.458 e. The van der Waals surface area contributed by atoms with Gasteiger partial charge in [0.1, 0.15) is 17.9 Å². The van der Waals surface area contributed by atoms with Crippen molar-refractivity contribution in [2.24, 2.45) is 0 Å². The highest BCUT2D eigenvalue weighted by Crippen LogP contribution is 2.34. The quantitative estimate of drug-likeness (QED) is 0.665. The highest BCUT2D eigenvalue weighted by molar-refractivity contribution is 7.91. The molecule has 3 fully saturated rings. The highest BCUT2D eigenvalue weighted by Gasteiger charge is 2.52. The van der Waals surface area contributed by atoms with E-state index >= 15 is 0 Å². The van der Waals surface area contributed by atoms with E-state index in [1.54, 1.807) is 24.0 Å². The van der Waals surface area contributed by atoms with E-state index in [2.05, 4.69) is 5.32 Å². The SMILES string of the molecule is C[C@]1(c2cc3ccccc3o2)NC(=O)N(CC(=O)N(C2CCCC2)[C@@H]2CCS(=O)(=O)C2)C1=O. The maximum absolute atomic E-state index is 13.4. The standard InChI is InChI=1S/C23H27N3O6S/c1-23(19-12-15-6-2-5-9-18(15)32-19)21(28)25(22(29)24-23)13-20(27)26(16-7-3-4-8-16)17-10-11-33(30,31)14-17/h2,5-6,9,12,16-17H,3-4,7-8,10-11,13-14H2,1H3,(H,24,29)/t17-,23-/m1/s1. The van der Waals surface area contributed by atoms with Crippen LogP contribution in [0.1, 0.15) is 44.8 Å². The van der Waals surface area contributed by atoms with Gasteiger partial charge < -0.3 is 14.6 Å². The van der Waals surface area contributed by atoms with Crippen LogP contribution in [-0.4, -0.2) is 66.2 Å². The third-order valence-corrected chi connectivity index (χ3v) is 8.84. The Hall–Kier alpha value is -2.88. The summed E-state index contributed by atoms with van der Waals surface area (Å²) in [5.74, 6) is -0.661. The lowest BCUT2D eigenvalue weighted by atomic mass is 9.99. The molecule has 9 nitrogen and oxygen atoms in total. The summed E-state index contributed by atoms with van der Waals surface area (Å²) < 4.78 is 30.0. The van der Waals surface area contributed by atoms with Crippen LogP contribution in [-0.2, 0) is 25.0 Å². The monoisotopic (exact) mass is 473 g/mol. The molecule has 4 amide bonds. The number of benzene rings is 1. The lowest BCUT2D eigenvalue weighted by Crippen LogP contribution is -2.51. The number of hydrogen-bond acceptors (Lipinski definition) is 6. The van der Waals surface area contributed by atoms with Crippen molar-refractivity contribution in [3.8, 4) is 0 Å². The molecule has 10 heteroatoms. The molecule has 0 spiro atoms. The molecule has 5 rings (SSSR count). The molecule has 1 N–H and O–H groups in total. The van der Waals surface area contributed by atoms with E-state index in [9.17, 15) is 22.8 Å². The summed E-state index contributed by atoms with van der Waals surface area (Å²) in [4.78, 5) is 42.1. The molecule has 176 valence electrons.